The van der Waals surface area contributed by atoms with Crippen molar-refractivity contribution in [2.75, 3.05) is 37.4 Å². The van der Waals surface area contributed by atoms with Gasteiger partial charge < -0.3 is 10.1 Å². The van der Waals surface area contributed by atoms with Crippen LogP contribution in [-0.4, -0.2) is 47.4 Å². The summed E-state index contributed by atoms with van der Waals surface area (Å²) in [6.07, 6.45) is 1.82. The van der Waals surface area contributed by atoms with Gasteiger partial charge in [-0.25, -0.2) is 8.42 Å². The summed E-state index contributed by atoms with van der Waals surface area (Å²) in [7, 11) is -1.95. The van der Waals surface area contributed by atoms with Gasteiger partial charge in [-0.05, 0) is 24.6 Å². The average Bonchev–Trinajstić information content (AvgIpc) is 2.46. The first-order valence-corrected chi connectivity index (χ1v) is 9.54. The zero-order valence-electron chi connectivity index (χ0n) is 13.0. The van der Waals surface area contributed by atoms with Crippen LogP contribution < -0.4 is 9.62 Å². The van der Waals surface area contributed by atoms with Crippen LogP contribution in [0.25, 0.3) is 0 Å². The van der Waals surface area contributed by atoms with Crippen LogP contribution >= 0.6 is 23.2 Å². The molecule has 1 rings (SSSR count). The molecule has 0 radical (unpaired) electrons. The molecule has 0 bridgehead atoms. The number of rotatable bonds is 9. The van der Waals surface area contributed by atoms with E-state index in [0.717, 1.165) is 10.6 Å². The van der Waals surface area contributed by atoms with Gasteiger partial charge in [0.05, 0.1) is 22.0 Å². The van der Waals surface area contributed by atoms with Crippen molar-refractivity contribution < 1.29 is 17.9 Å². The number of methoxy groups -OCH3 is 1. The Balaban J connectivity index is 2.70. The fourth-order valence-electron chi connectivity index (χ4n) is 1.86. The highest BCUT2D eigenvalue weighted by Crippen LogP contribution is 2.28. The van der Waals surface area contributed by atoms with Crippen LogP contribution in [0.4, 0.5) is 5.69 Å². The van der Waals surface area contributed by atoms with E-state index in [9.17, 15) is 13.2 Å². The van der Waals surface area contributed by atoms with Crippen LogP contribution in [0.2, 0.25) is 10.0 Å². The SMILES string of the molecule is COCCCNC(=O)CCN(c1ccc(Cl)c(Cl)c1)S(C)(=O)=O. The minimum Gasteiger partial charge on any atom is -0.385 e. The van der Waals surface area contributed by atoms with Gasteiger partial charge in [0.15, 0.2) is 0 Å². The van der Waals surface area contributed by atoms with Crippen molar-refractivity contribution in [2.24, 2.45) is 0 Å². The number of nitrogens with zero attached hydrogens (tertiary/aromatic N) is 1. The molecule has 1 aromatic carbocycles. The Kier molecular flexibility index (Phi) is 8.11. The number of halogens is 2. The number of carbonyl (C=O) groups excluding carboxylic acids is 1. The van der Waals surface area contributed by atoms with Crippen molar-refractivity contribution in [3.05, 3.63) is 28.2 Å². The number of ether oxygens (including phenoxy) is 1. The number of hydrogen-bond donors (Lipinski definition) is 1. The Bertz CT molecular complexity index is 638. The Hall–Kier alpha value is -1.02. The summed E-state index contributed by atoms with van der Waals surface area (Å²) < 4.78 is 29.9. The molecular weight excluding hydrogens is 363 g/mol. The van der Waals surface area contributed by atoms with Gasteiger partial charge in [-0.3, -0.25) is 9.10 Å². The molecule has 0 aliphatic rings. The number of benzene rings is 1. The first-order chi connectivity index (χ1) is 10.8. The monoisotopic (exact) mass is 382 g/mol. The largest absolute Gasteiger partial charge is 0.385 e. The maximum Gasteiger partial charge on any atom is 0.232 e. The van der Waals surface area contributed by atoms with Gasteiger partial charge >= 0.3 is 0 Å². The number of anilines is 1. The minimum absolute atomic E-state index is 0.0207. The highest BCUT2D eigenvalue weighted by molar-refractivity contribution is 7.92. The molecule has 0 saturated carbocycles. The number of carbonyl (C=O) groups is 1. The third-order valence-electron chi connectivity index (χ3n) is 2.98. The number of hydrogen-bond acceptors (Lipinski definition) is 4. The highest BCUT2D eigenvalue weighted by atomic mass is 35.5. The molecule has 130 valence electrons. The molecule has 0 heterocycles. The zero-order valence-corrected chi connectivity index (χ0v) is 15.3. The molecule has 9 heteroatoms. The molecule has 0 unspecified atom stereocenters. The molecule has 6 nitrogen and oxygen atoms in total. The predicted molar refractivity (Wildman–Crippen MR) is 92.8 cm³/mol. The van der Waals surface area contributed by atoms with Crippen molar-refractivity contribution >= 4 is 44.8 Å². The molecule has 0 saturated heterocycles. The van der Waals surface area contributed by atoms with Crippen LogP contribution in [0.15, 0.2) is 18.2 Å². The Morgan fingerprint density at radius 1 is 1.30 bits per heavy atom. The van der Waals surface area contributed by atoms with Gasteiger partial charge in [-0.2, -0.15) is 0 Å². The molecule has 0 aliphatic heterocycles. The standard InChI is InChI=1S/C14H20Cl2N2O4S/c1-22-9-3-7-17-14(19)6-8-18(23(2,20)21)11-4-5-12(15)13(16)10-11/h4-5,10H,3,6-9H2,1-2H3,(H,17,19). The van der Waals surface area contributed by atoms with Crippen molar-refractivity contribution in [2.45, 2.75) is 12.8 Å². The Labute approximate surface area is 146 Å². The fourth-order valence-corrected chi connectivity index (χ4v) is 3.07. The summed E-state index contributed by atoms with van der Waals surface area (Å²) in [4.78, 5) is 11.8. The number of amides is 1. The topological polar surface area (TPSA) is 75.7 Å². The van der Waals surface area contributed by atoms with Gasteiger partial charge in [0.2, 0.25) is 15.9 Å². The van der Waals surface area contributed by atoms with E-state index in [0.29, 0.717) is 30.3 Å². The van der Waals surface area contributed by atoms with Gasteiger partial charge in [-0.1, -0.05) is 23.2 Å². The minimum atomic E-state index is -3.54. The lowest BCUT2D eigenvalue weighted by atomic mass is 10.3. The summed E-state index contributed by atoms with van der Waals surface area (Å²) in [6.45, 7) is 1.06. The van der Waals surface area contributed by atoms with E-state index in [2.05, 4.69) is 5.32 Å². The van der Waals surface area contributed by atoms with Crippen molar-refractivity contribution in [3.63, 3.8) is 0 Å². The quantitative estimate of drug-likeness (QED) is 0.664. The lowest BCUT2D eigenvalue weighted by Gasteiger charge is -2.22. The second kappa shape index (κ2) is 9.32. The fraction of sp³-hybridized carbons (Fsp3) is 0.500. The third-order valence-corrected chi connectivity index (χ3v) is 4.91. The Morgan fingerprint density at radius 2 is 2.00 bits per heavy atom. The first-order valence-electron chi connectivity index (χ1n) is 6.94. The summed E-state index contributed by atoms with van der Waals surface area (Å²) >= 11 is 11.8. The summed E-state index contributed by atoms with van der Waals surface area (Å²) in [6, 6.07) is 4.52. The second-order valence-corrected chi connectivity index (χ2v) is 7.60. The highest BCUT2D eigenvalue weighted by Gasteiger charge is 2.19. The third kappa shape index (κ3) is 6.95. The summed E-state index contributed by atoms with van der Waals surface area (Å²) in [5.41, 5.74) is 0.370. The molecule has 0 fully saturated rings. The smallest absolute Gasteiger partial charge is 0.232 e. The van der Waals surface area contributed by atoms with Gasteiger partial charge in [0.25, 0.3) is 0 Å². The van der Waals surface area contributed by atoms with E-state index < -0.39 is 10.0 Å². The average molecular weight is 383 g/mol. The normalized spacial score (nSPS) is 11.3. The van der Waals surface area contributed by atoms with Gasteiger partial charge in [0, 0.05) is 33.2 Å². The number of nitrogens with one attached hydrogen (secondary N) is 1. The van der Waals surface area contributed by atoms with E-state index in [4.69, 9.17) is 27.9 Å². The van der Waals surface area contributed by atoms with Gasteiger partial charge in [0.1, 0.15) is 0 Å². The molecule has 0 spiro atoms. The Morgan fingerprint density at radius 3 is 2.57 bits per heavy atom. The van der Waals surface area contributed by atoms with E-state index in [1.165, 1.54) is 12.1 Å². The molecule has 0 atom stereocenters. The second-order valence-electron chi connectivity index (χ2n) is 4.88. The van der Waals surface area contributed by atoms with Crippen LogP contribution in [-0.2, 0) is 19.6 Å². The maximum absolute atomic E-state index is 11.9. The molecular formula is C14H20Cl2N2O4S. The van der Waals surface area contributed by atoms with Gasteiger partial charge in [-0.15, -0.1) is 0 Å². The lowest BCUT2D eigenvalue weighted by Crippen LogP contribution is -2.35. The van der Waals surface area contributed by atoms with E-state index in [-0.39, 0.29) is 23.9 Å². The van der Waals surface area contributed by atoms with Crippen LogP contribution in [0, 0.1) is 0 Å². The predicted octanol–water partition coefficient (Wildman–Crippen LogP) is 2.30. The van der Waals surface area contributed by atoms with Crippen molar-refractivity contribution in [3.8, 4) is 0 Å². The molecule has 1 aromatic rings. The lowest BCUT2D eigenvalue weighted by molar-refractivity contribution is -0.120. The van der Waals surface area contributed by atoms with Crippen LogP contribution in [0.1, 0.15) is 12.8 Å². The molecule has 23 heavy (non-hydrogen) atoms. The zero-order chi connectivity index (χ0) is 17.5. The van der Waals surface area contributed by atoms with Crippen LogP contribution in [0.5, 0.6) is 0 Å². The van der Waals surface area contributed by atoms with E-state index >= 15 is 0 Å². The van der Waals surface area contributed by atoms with E-state index in [1.807, 2.05) is 0 Å². The van der Waals surface area contributed by atoms with Crippen LogP contribution in [0.3, 0.4) is 0 Å². The molecule has 0 aromatic heterocycles. The van der Waals surface area contributed by atoms with E-state index in [1.54, 1.807) is 13.2 Å². The number of sulfonamides is 1. The van der Waals surface area contributed by atoms with Crippen molar-refractivity contribution in [1.82, 2.24) is 5.32 Å². The van der Waals surface area contributed by atoms with Crippen molar-refractivity contribution in [1.29, 1.82) is 0 Å². The summed E-state index contributed by atoms with van der Waals surface area (Å²) in [5, 5.41) is 3.29. The molecule has 1 N–H and O–H groups in total. The first kappa shape index (κ1) is 20.0. The summed E-state index contributed by atoms with van der Waals surface area (Å²) in [5.74, 6) is -0.227. The molecule has 1 amide bonds. The maximum atomic E-state index is 11.9. The molecule has 0 aliphatic carbocycles.